The summed E-state index contributed by atoms with van der Waals surface area (Å²) < 4.78 is 2.32. The molecule has 1 aliphatic rings. The predicted octanol–water partition coefficient (Wildman–Crippen LogP) is 2.30. The Hall–Kier alpha value is -1.05. The molecule has 0 amide bonds. The van der Waals surface area contributed by atoms with Crippen LogP contribution in [0.25, 0.3) is 5.65 Å². The molecule has 0 unspecified atom stereocenters. The minimum Gasteiger partial charge on any atom is -0.493 e. The predicted molar refractivity (Wildman–Crippen MR) is 76.1 cm³/mol. The van der Waals surface area contributed by atoms with Gasteiger partial charge in [0, 0.05) is 0 Å². The zero-order valence-corrected chi connectivity index (χ0v) is 12.2. The number of fused-ring (bicyclic) bond motifs is 1. The van der Waals surface area contributed by atoms with E-state index in [2.05, 4.69) is 32.7 Å². The van der Waals surface area contributed by atoms with Crippen molar-refractivity contribution in [3.8, 4) is 5.88 Å². The second-order valence-corrected chi connectivity index (χ2v) is 5.91. The molecule has 3 rings (SSSR count). The van der Waals surface area contributed by atoms with Gasteiger partial charge >= 0.3 is 0 Å². The maximum absolute atomic E-state index is 12.1. The Balaban J connectivity index is 2.30. The summed E-state index contributed by atoms with van der Waals surface area (Å²) in [4.78, 5) is 15.0. The number of halogens is 1. The second kappa shape index (κ2) is 4.25. The van der Waals surface area contributed by atoms with E-state index in [0.717, 1.165) is 34.9 Å². The van der Waals surface area contributed by atoms with E-state index >= 15 is 0 Å². The number of hydrogen-bond acceptors (Lipinski definition) is 3. The molecule has 2 N–H and O–H groups in total. The fourth-order valence-corrected chi connectivity index (χ4v) is 3.21. The number of nitrogens with one attached hydrogen (secondary N) is 1. The van der Waals surface area contributed by atoms with Crippen LogP contribution in [0, 0.1) is 10.5 Å². The third-order valence-electron chi connectivity index (χ3n) is 3.67. The van der Waals surface area contributed by atoms with Crippen molar-refractivity contribution < 1.29 is 5.11 Å². The van der Waals surface area contributed by atoms with E-state index in [-0.39, 0.29) is 17.4 Å². The Labute approximate surface area is 117 Å². The van der Waals surface area contributed by atoms with E-state index in [1.54, 1.807) is 0 Å². The molecule has 1 aliphatic carbocycles. The number of hydrogen-bond donors (Lipinski definition) is 2. The van der Waals surface area contributed by atoms with Crippen LogP contribution in [0.15, 0.2) is 4.79 Å². The first-order valence-electron chi connectivity index (χ1n) is 6.09. The monoisotopic (exact) mass is 359 g/mol. The summed E-state index contributed by atoms with van der Waals surface area (Å²) in [5.41, 5.74) is 1.71. The minimum absolute atomic E-state index is 0.00617. The number of H-pyrrole nitrogens is 1. The van der Waals surface area contributed by atoms with Gasteiger partial charge in [0.1, 0.15) is 0 Å². The van der Waals surface area contributed by atoms with Crippen LogP contribution in [0.3, 0.4) is 0 Å². The number of aromatic hydroxyl groups is 1. The molecule has 1 fully saturated rings. The van der Waals surface area contributed by atoms with E-state index in [1.807, 2.05) is 6.92 Å². The Morgan fingerprint density at radius 3 is 2.78 bits per heavy atom. The number of aromatic amines is 1. The lowest BCUT2D eigenvalue weighted by Crippen LogP contribution is -2.18. The highest BCUT2D eigenvalue weighted by molar-refractivity contribution is 14.1. The van der Waals surface area contributed by atoms with Gasteiger partial charge in [0.15, 0.2) is 5.65 Å². The van der Waals surface area contributed by atoms with Crippen LogP contribution in [0.2, 0.25) is 0 Å². The summed E-state index contributed by atoms with van der Waals surface area (Å²) in [6.07, 6.45) is 4.19. The van der Waals surface area contributed by atoms with Crippen molar-refractivity contribution >= 4 is 28.2 Å². The number of nitrogens with zero attached hydrogens (tertiary/aromatic N) is 2. The molecule has 2 aromatic rings. The van der Waals surface area contributed by atoms with Crippen molar-refractivity contribution in [3.05, 3.63) is 25.2 Å². The molecule has 6 heteroatoms. The number of rotatable bonds is 1. The van der Waals surface area contributed by atoms with Gasteiger partial charge in [-0.05, 0) is 48.3 Å². The number of aromatic nitrogens is 3. The first kappa shape index (κ1) is 12.0. The molecule has 0 aromatic carbocycles. The average molecular weight is 359 g/mol. The molecule has 0 spiro atoms. The fraction of sp³-hybridized carbons (Fsp3) is 0.500. The summed E-state index contributed by atoms with van der Waals surface area (Å²) in [6, 6.07) is 0. The van der Waals surface area contributed by atoms with Crippen LogP contribution >= 0.6 is 22.6 Å². The van der Waals surface area contributed by atoms with Crippen LogP contribution < -0.4 is 5.56 Å². The lowest BCUT2D eigenvalue weighted by atomic mass is 10.00. The smallest absolute Gasteiger partial charge is 0.258 e. The van der Waals surface area contributed by atoms with Crippen LogP contribution in [0.5, 0.6) is 5.88 Å². The van der Waals surface area contributed by atoms with E-state index in [1.165, 1.54) is 4.52 Å². The molecule has 0 atom stereocenters. The highest BCUT2D eigenvalue weighted by Crippen LogP contribution is 2.36. The van der Waals surface area contributed by atoms with Gasteiger partial charge in [-0.2, -0.15) is 9.61 Å². The zero-order valence-electron chi connectivity index (χ0n) is 10.0. The van der Waals surface area contributed by atoms with Crippen LogP contribution in [0.1, 0.15) is 42.9 Å². The van der Waals surface area contributed by atoms with Gasteiger partial charge < -0.3 is 10.1 Å². The summed E-state index contributed by atoms with van der Waals surface area (Å²) in [7, 11) is 0. The molecular formula is C12H14IN3O2. The largest absolute Gasteiger partial charge is 0.493 e. The van der Waals surface area contributed by atoms with Gasteiger partial charge in [-0.1, -0.05) is 12.8 Å². The van der Waals surface area contributed by atoms with Gasteiger partial charge in [-0.25, -0.2) is 0 Å². The molecule has 0 aliphatic heterocycles. The SMILES string of the molecule is Cc1nn2c(O)c(C3CCCC3)c(=O)[nH]c2c1I. The Morgan fingerprint density at radius 2 is 2.11 bits per heavy atom. The number of aryl methyl sites for hydroxylation is 1. The summed E-state index contributed by atoms with van der Waals surface area (Å²) >= 11 is 2.13. The third kappa shape index (κ3) is 1.65. The molecule has 2 aromatic heterocycles. The Bertz CT molecular complexity index is 668. The van der Waals surface area contributed by atoms with Gasteiger partial charge in [-0.15, -0.1) is 0 Å². The zero-order chi connectivity index (χ0) is 12.9. The van der Waals surface area contributed by atoms with Crippen molar-refractivity contribution in [3.63, 3.8) is 0 Å². The van der Waals surface area contributed by atoms with Gasteiger partial charge in [0.25, 0.3) is 5.56 Å². The topological polar surface area (TPSA) is 70.4 Å². The van der Waals surface area contributed by atoms with Crippen molar-refractivity contribution in [1.82, 2.24) is 14.6 Å². The quantitative estimate of drug-likeness (QED) is 0.768. The second-order valence-electron chi connectivity index (χ2n) is 4.83. The lowest BCUT2D eigenvalue weighted by molar-refractivity contribution is 0.419. The maximum Gasteiger partial charge on any atom is 0.258 e. The van der Waals surface area contributed by atoms with Crippen LogP contribution in [-0.2, 0) is 0 Å². The fourth-order valence-electron chi connectivity index (χ4n) is 2.74. The molecule has 5 nitrogen and oxygen atoms in total. The molecule has 0 bridgehead atoms. The van der Waals surface area contributed by atoms with E-state index in [0.29, 0.717) is 11.2 Å². The summed E-state index contributed by atoms with van der Waals surface area (Å²) in [5.74, 6) is 0.173. The Kier molecular flexibility index (Phi) is 2.84. The maximum atomic E-state index is 12.1. The van der Waals surface area contributed by atoms with Crippen LogP contribution in [-0.4, -0.2) is 19.7 Å². The van der Waals surface area contributed by atoms with E-state index < -0.39 is 0 Å². The van der Waals surface area contributed by atoms with Gasteiger partial charge in [0.2, 0.25) is 5.88 Å². The first-order valence-corrected chi connectivity index (χ1v) is 7.17. The molecule has 96 valence electrons. The summed E-state index contributed by atoms with van der Waals surface area (Å²) in [5, 5.41) is 14.6. The van der Waals surface area contributed by atoms with Crippen molar-refractivity contribution in [2.75, 3.05) is 0 Å². The molecule has 1 saturated carbocycles. The van der Waals surface area contributed by atoms with Gasteiger partial charge in [-0.3, -0.25) is 4.79 Å². The normalized spacial score (nSPS) is 16.8. The summed E-state index contributed by atoms with van der Waals surface area (Å²) in [6.45, 7) is 1.86. The van der Waals surface area contributed by atoms with Crippen molar-refractivity contribution in [2.24, 2.45) is 0 Å². The third-order valence-corrected chi connectivity index (χ3v) is 4.96. The molecular weight excluding hydrogens is 345 g/mol. The Morgan fingerprint density at radius 1 is 1.44 bits per heavy atom. The van der Waals surface area contributed by atoms with Crippen molar-refractivity contribution in [1.29, 1.82) is 0 Å². The standard InChI is InChI=1S/C12H14IN3O2/c1-6-9(13)10-14-11(17)8(7-4-2-3-5-7)12(18)16(10)15-6/h7,18H,2-5H2,1H3,(H,14,17). The molecule has 2 heterocycles. The lowest BCUT2D eigenvalue weighted by Gasteiger charge is -2.11. The molecule has 18 heavy (non-hydrogen) atoms. The van der Waals surface area contributed by atoms with Gasteiger partial charge in [0.05, 0.1) is 14.8 Å². The minimum atomic E-state index is -0.176. The highest BCUT2D eigenvalue weighted by atomic mass is 127. The van der Waals surface area contributed by atoms with E-state index in [4.69, 9.17) is 0 Å². The highest BCUT2D eigenvalue weighted by Gasteiger charge is 2.26. The van der Waals surface area contributed by atoms with Crippen LogP contribution in [0.4, 0.5) is 0 Å². The average Bonchev–Trinajstić information content (AvgIpc) is 2.92. The first-order chi connectivity index (χ1) is 8.59. The molecule has 0 radical (unpaired) electrons. The van der Waals surface area contributed by atoms with E-state index in [9.17, 15) is 9.90 Å². The van der Waals surface area contributed by atoms with Crippen molar-refractivity contribution in [2.45, 2.75) is 38.5 Å². The molecule has 0 saturated heterocycles.